The van der Waals surface area contributed by atoms with Crippen molar-refractivity contribution in [1.29, 1.82) is 0 Å². The molecule has 0 bridgehead atoms. The van der Waals surface area contributed by atoms with Gasteiger partial charge in [-0.1, -0.05) is 0 Å². The van der Waals surface area contributed by atoms with E-state index in [-0.39, 0.29) is 0 Å². The molecule has 2 aliphatic heterocycles. The number of thiophene rings is 2. The van der Waals surface area contributed by atoms with Gasteiger partial charge in [0.25, 0.3) is 23.5 Å². The van der Waals surface area contributed by atoms with Crippen LogP contribution in [0.2, 0.25) is 0 Å². The third kappa shape index (κ3) is 2.70. The molecule has 0 atom stereocenters. The van der Waals surface area contributed by atoms with Crippen molar-refractivity contribution < 1.29 is 18.9 Å². The normalized spacial score (nSPS) is 12.3. The Balaban J connectivity index is 0.000000115. The van der Waals surface area contributed by atoms with Gasteiger partial charge in [-0.05, 0) is 0 Å². The van der Waals surface area contributed by atoms with E-state index in [1.165, 1.54) is 22.7 Å². The van der Waals surface area contributed by atoms with Crippen LogP contribution in [0.25, 0.3) is 0 Å². The monoisotopic (exact) mass is 384 g/mol. The average molecular weight is 384 g/mol. The van der Waals surface area contributed by atoms with Crippen LogP contribution in [0.1, 0.15) is 0 Å². The number of aromatic nitrogens is 4. The minimum Gasteiger partial charge on any atom is -0.430 e. The van der Waals surface area contributed by atoms with Crippen molar-refractivity contribution in [2.75, 3.05) is 0 Å². The third-order valence-corrected chi connectivity index (χ3v) is 4.68. The van der Waals surface area contributed by atoms with E-state index >= 15 is 0 Å². The SMILES string of the molecule is c1cnc2c(n1)Oc1cscc1O2.c1cnc2c(n1)Oc1cscc1O2. The van der Waals surface area contributed by atoms with Crippen molar-refractivity contribution in [2.45, 2.75) is 0 Å². The predicted octanol–water partition coefficient (Wildman–Crippen LogP) is 4.87. The number of ether oxygens (including phenoxy) is 4. The van der Waals surface area contributed by atoms with Gasteiger partial charge in [-0.2, -0.15) is 0 Å². The second-order valence-corrected chi connectivity index (χ2v) is 6.43. The molecule has 0 fully saturated rings. The highest BCUT2D eigenvalue weighted by Crippen LogP contribution is 2.45. The molecule has 0 aromatic carbocycles. The summed E-state index contributed by atoms with van der Waals surface area (Å²) in [5, 5.41) is 7.47. The molecule has 0 saturated heterocycles. The van der Waals surface area contributed by atoms with Crippen molar-refractivity contribution in [1.82, 2.24) is 19.9 Å². The quantitative estimate of drug-likeness (QED) is 0.366. The lowest BCUT2D eigenvalue weighted by Gasteiger charge is -2.14. The van der Waals surface area contributed by atoms with Crippen LogP contribution in [-0.2, 0) is 0 Å². The summed E-state index contributed by atoms with van der Waals surface area (Å²) in [5.74, 6) is 4.52. The number of nitrogens with zero attached hydrogens (tertiary/aromatic N) is 4. The molecular formula is C16H8N4O4S2. The molecule has 0 radical (unpaired) electrons. The molecule has 0 saturated carbocycles. The zero-order valence-corrected chi connectivity index (χ0v) is 14.5. The molecule has 0 amide bonds. The Morgan fingerprint density at radius 2 is 0.731 bits per heavy atom. The van der Waals surface area contributed by atoms with Crippen LogP contribution in [0, 0.1) is 0 Å². The Bertz CT molecular complexity index is 917. The van der Waals surface area contributed by atoms with Gasteiger partial charge < -0.3 is 18.9 Å². The second kappa shape index (κ2) is 6.24. The first-order chi connectivity index (χ1) is 12.9. The topological polar surface area (TPSA) is 88.5 Å². The van der Waals surface area contributed by atoms with Gasteiger partial charge in [0, 0.05) is 46.3 Å². The second-order valence-electron chi connectivity index (χ2n) is 4.94. The summed E-state index contributed by atoms with van der Waals surface area (Å²) in [7, 11) is 0. The van der Waals surface area contributed by atoms with Crippen molar-refractivity contribution in [3.8, 4) is 46.5 Å². The molecule has 4 aromatic heterocycles. The molecule has 0 aliphatic carbocycles. The van der Waals surface area contributed by atoms with Gasteiger partial charge in [0.1, 0.15) is 0 Å². The largest absolute Gasteiger partial charge is 0.430 e. The van der Waals surface area contributed by atoms with Crippen LogP contribution < -0.4 is 18.9 Å². The molecule has 8 nitrogen and oxygen atoms in total. The van der Waals surface area contributed by atoms with Crippen molar-refractivity contribution in [2.24, 2.45) is 0 Å². The summed E-state index contributed by atoms with van der Waals surface area (Å²) in [6.45, 7) is 0. The van der Waals surface area contributed by atoms with Gasteiger partial charge >= 0.3 is 0 Å². The van der Waals surface area contributed by atoms with Crippen molar-refractivity contribution in [3.63, 3.8) is 0 Å². The van der Waals surface area contributed by atoms with E-state index in [1.807, 2.05) is 21.5 Å². The van der Waals surface area contributed by atoms with Gasteiger partial charge in [0.15, 0.2) is 23.0 Å². The van der Waals surface area contributed by atoms with Crippen LogP contribution in [0.3, 0.4) is 0 Å². The van der Waals surface area contributed by atoms with E-state index in [2.05, 4.69) is 19.9 Å². The maximum Gasteiger partial charge on any atom is 0.284 e. The lowest BCUT2D eigenvalue weighted by Crippen LogP contribution is -1.99. The Labute approximate surface area is 154 Å². The van der Waals surface area contributed by atoms with Gasteiger partial charge in [0.2, 0.25) is 0 Å². The molecule has 0 unspecified atom stereocenters. The van der Waals surface area contributed by atoms with E-state index < -0.39 is 0 Å². The summed E-state index contributed by atoms with van der Waals surface area (Å²) < 4.78 is 21.7. The first-order valence-corrected chi connectivity index (χ1v) is 9.21. The van der Waals surface area contributed by atoms with Gasteiger partial charge in [-0.15, -0.1) is 22.7 Å². The summed E-state index contributed by atoms with van der Waals surface area (Å²) in [4.78, 5) is 16.0. The molecule has 6 rings (SSSR count). The van der Waals surface area contributed by atoms with Gasteiger partial charge in [0.05, 0.1) is 0 Å². The fourth-order valence-corrected chi connectivity index (χ4v) is 3.45. The predicted molar refractivity (Wildman–Crippen MR) is 93.0 cm³/mol. The zero-order chi connectivity index (χ0) is 17.3. The van der Waals surface area contributed by atoms with Crippen molar-refractivity contribution >= 4 is 22.7 Å². The molecule has 0 N–H and O–H groups in total. The standard InChI is InChI=1S/2C8H4N2O2S/c2*1-2-10-8-7(9-1)11-5-3-13-4-6(5)12-8/h2*1-4H. The summed E-state index contributed by atoms with van der Waals surface area (Å²) in [6, 6.07) is 0. The smallest absolute Gasteiger partial charge is 0.284 e. The minimum absolute atomic E-state index is 0.424. The number of rotatable bonds is 0. The van der Waals surface area contributed by atoms with Crippen LogP contribution in [0.5, 0.6) is 46.5 Å². The molecular weight excluding hydrogens is 376 g/mol. The average Bonchev–Trinajstić information content (AvgIpc) is 3.33. The Morgan fingerprint density at radius 3 is 1.00 bits per heavy atom. The van der Waals surface area contributed by atoms with E-state index in [4.69, 9.17) is 18.9 Å². The van der Waals surface area contributed by atoms with Crippen LogP contribution in [0.15, 0.2) is 46.3 Å². The lowest BCUT2D eigenvalue weighted by molar-refractivity contribution is 0.339. The van der Waals surface area contributed by atoms with E-state index in [0.717, 1.165) is 0 Å². The first kappa shape index (κ1) is 15.0. The summed E-state index contributed by atoms with van der Waals surface area (Å²) >= 11 is 3.04. The zero-order valence-electron chi connectivity index (χ0n) is 12.9. The fraction of sp³-hybridized carbons (Fsp3) is 0. The highest BCUT2D eigenvalue weighted by Gasteiger charge is 2.21. The maximum absolute atomic E-state index is 5.43. The highest BCUT2D eigenvalue weighted by molar-refractivity contribution is 7.08. The Kier molecular flexibility index (Phi) is 3.61. The van der Waals surface area contributed by atoms with Gasteiger partial charge in [-0.3, -0.25) is 0 Å². The van der Waals surface area contributed by atoms with Crippen LogP contribution >= 0.6 is 22.7 Å². The fourth-order valence-electron chi connectivity index (χ4n) is 2.17. The Morgan fingerprint density at radius 1 is 0.462 bits per heavy atom. The van der Waals surface area contributed by atoms with E-state index in [9.17, 15) is 0 Å². The lowest BCUT2D eigenvalue weighted by atomic mass is 10.5. The minimum atomic E-state index is 0.424. The molecule has 4 aromatic rings. The van der Waals surface area contributed by atoms with Crippen molar-refractivity contribution in [3.05, 3.63) is 46.3 Å². The molecule has 0 spiro atoms. The molecule has 6 heterocycles. The van der Waals surface area contributed by atoms with E-state index in [0.29, 0.717) is 46.5 Å². The molecule has 2 aliphatic rings. The van der Waals surface area contributed by atoms with E-state index in [1.54, 1.807) is 24.8 Å². The summed E-state index contributed by atoms with van der Waals surface area (Å²) in [5.41, 5.74) is 0. The molecule has 26 heavy (non-hydrogen) atoms. The number of fused-ring (bicyclic) bond motifs is 4. The molecule has 10 heteroatoms. The first-order valence-electron chi connectivity index (χ1n) is 7.32. The summed E-state index contributed by atoms with van der Waals surface area (Å²) in [6.07, 6.45) is 6.28. The third-order valence-electron chi connectivity index (χ3n) is 3.28. The van der Waals surface area contributed by atoms with Crippen LogP contribution in [0.4, 0.5) is 0 Å². The Hall–Kier alpha value is -3.24. The highest BCUT2D eigenvalue weighted by atomic mass is 32.1. The molecule has 128 valence electrons. The van der Waals surface area contributed by atoms with Crippen LogP contribution in [-0.4, -0.2) is 19.9 Å². The van der Waals surface area contributed by atoms with Gasteiger partial charge in [-0.25, -0.2) is 19.9 Å². The number of hydrogen-bond donors (Lipinski definition) is 0. The number of hydrogen-bond acceptors (Lipinski definition) is 10. The maximum atomic E-state index is 5.43.